The normalized spacial score (nSPS) is 11.1. The van der Waals surface area contributed by atoms with Gasteiger partial charge in [-0.2, -0.15) is 0 Å². The van der Waals surface area contributed by atoms with Crippen molar-refractivity contribution in [3.63, 3.8) is 0 Å². The lowest BCUT2D eigenvalue weighted by atomic mass is 10.2. The predicted octanol–water partition coefficient (Wildman–Crippen LogP) is 4.00. The Kier molecular flexibility index (Phi) is 2.90. The number of pyridine rings is 1. The summed E-state index contributed by atoms with van der Waals surface area (Å²) in [7, 11) is 0. The van der Waals surface area contributed by atoms with Gasteiger partial charge in [0.05, 0.1) is 10.2 Å². The number of anilines is 2. The van der Waals surface area contributed by atoms with Gasteiger partial charge in [-0.05, 0) is 42.8 Å². The van der Waals surface area contributed by atoms with E-state index < -0.39 is 0 Å². The molecular formula is C16H12N4OS. The zero-order valence-electron chi connectivity index (χ0n) is 11.7. The molecule has 0 saturated carbocycles. The topological polar surface area (TPSA) is 70.9 Å². The van der Waals surface area contributed by atoms with Gasteiger partial charge < -0.3 is 10.4 Å². The second-order valence-electron chi connectivity index (χ2n) is 4.98. The summed E-state index contributed by atoms with van der Waals surface area (Å²) in [5.74, 6) is 1.00. The molecule has 3 heterocycles. The highest BCUT2D eigenvalue weighted by Gasteiger charge is 2.12. The average Bonchev–Trinajstić information content (AvgIpc) is 2.90. The lowest BCUT2D eigenvalue weighted by Gasteiger charge is -2.09. The maximum absolute atomic E-state index is 9.51. The summed E-state index contributed by atoms with van der Waals surface area (Å²) in [4.78, 5) is 14.1. The van der Waals surface area contributed by atoms with Crippen LogP contribution in [-0.4, -0.2) is 20.1 Å². The number of rotatable bonds is 2. The number of hydrogen-bond acceptors (Lipinski definition) is 6. The monoisotopic (exact) mass is 308 g/mol. The third-order valence-electron chi connectivity index (χ3n) is 3.49. The molecule has 2 N–H and O–H groups in total. The number of aromatic nitrogens is 3. The number of nitrogens with one attached hydrogen (secondary N) is 1. The van der Waals surface area contributed by atoms with E-state index in [2.05, 4.69) is 20.3 Å². The first-order chi connectivity index (χ1) is 10.7. The van der Waals surface area contributed by atoms with Gasteiger partial charge >= 0.3 is 0 Å². The third-order valence-corrected chi connectivity index (χ3v) is 4.60. The molecule has 0 amide bonds. The van der Waals surface area contributed by atoms with Crippen LogP contribution >= 0.6 is 11.3 Å². The summed E-state index contributed by atoms with van der Waals surface area (Å²) in [5.41, 5.74) is 2.76. The number of nitrogens with zero attached hydrogens (tertiary/aromatic N) is 3. The minimum absolute atomic E-state index is 0.252. The van der Waals surface area contributed by atoms with Crippen molar-refractivity contribution in [3.05, 3.63) is 48.4 Å². The van der Waals surface area contributed by atoms with E-state index in [0.29, 0.717) is 0 Å². The van der Waals surface area contributed by atoms with Gasteiger partial charge in [0.1, 0.15) is 16.9 Å². The van der Waals surface area contributed by atoms with E-state index in [1.165, 1.54) is 0 Å². The number of aryl methyl sites for hydroxylation is 1. The Morgan fingerprint density at radius 1 is 1.14 bits per heavy atom. The molecule has 0 fully saturated rings. The maximum atomic E-state index is 9.51. The average molecular weight is 308 g/mol. The van der Waals surface area contributed by atoms with Crippen molar-refractivity contribution in [2.75, 3.05) is 5.32 Å². The molecule has 0 unspecified atom stereocenters. The van der Waals surface area contributed by atoms with Gasteiger partial charge in [0.2, 0.25) is 0 Å². The molecule has 0 bridgehead atoms. The molecule has 0 aliphatic rings. The fourth-order valence-corrected chi connectivity index (χ4v) is 3.46. The van der Waals surface area contributed by atoms with Crippen LogP contribution in [-0.2, 0) is 0 Å². The molecule has 4 rings (SSSR count). The standard InChI is InChI=1S/C16H12N4OS/c1-9-7-10(21)4-5-12(9)20-15-14-13(18-8-19-15)11-3-2-6-17-16(11)22-14/h2-8,21H,1H3,(H,18,19,20). The predicted molar refractivity (Wildman–Crippen MR) is 88.8 cm³/mol. The zero-order chi connectivity index (χ0) is 15.1. The zero-order valence-corrected chi connectivity index (χ0v) is 12.6. The van der Waals surface area contributed by atoms with Crippen molar-refractivity contribution in [2.45, 2.75) is 6.92 Å². The van der Waals surface area contributed by atoms with E-state index in [-0.39, 0.29) is 5.75 Å². The van der Waals surface area contributed by atoms with Crippen molar-refractivity contribution >= 4 is 43.3 Å². The van der Waals surface area contributed by atoms with Crippen LogP contribution in [0.1, 0.15) is 5.56 Å². The van der Waals surface area contributed by atoms with Crippen molar-refractivity contribution < 1.29 is 5.11 Å². The minimum Gasteiger partial charge on any atom is -0.508 e. The first-order valence-electron chi connectivity index (χ1n) is 6.77. The molecule has 4 aromatic rings. The molecule has 3 aromatic heterocycles. The molecule has 0 spiro atoms. The SMILES string of the molecule is Cc1cc(O)ccc1Nc1ncnc2c1sc1ncccc12. The number of phenols is 1. The molecule has 108 valence electrons. The molecule has 0 atom stereocenters. The first-order valence-corrected chi connectivity index (χ1v) is 7.59. The molecule has 6 heteroatoms. The van der Waals surface area contributed by atoms with Crippen LogP contribution in [0.2, 0.25) is 0 Å². The molecule has 0 saturated heterocycles. The van der Waals surface area contributed by atoms with Gasteiger partial charge in [0.25, 0.3) is 0 Å². The number of thiophene rings is 1. The van der Waals surface area contributed by atoms with Gasteiger partial charge in [-0.25, -0.2) is 15.0 Å². The fourth-order valence-electron chi connectivity index (χ4n) is 2.42. The molecule has 0 aliphatic carbocycles. The van der Waals surface area contributed by atoms with E-state index in [1.807, 2.05) is 25.1 Å². The van der Waals surface area contributed by atoms with Crippen LogP contribution in [0, 0.1) is 6.92 Å². The van der Waals surface area contributed by atoms with Crippen LogP contribution < -0.4 is 5.32 Å². The smallest absolute Gasteiger partial charge is 0.151 e. The first kappa shape index (κ1) is 13.0. The summed E-state index contributed by atoms with van der Waals surface area (Å²) >= 11 is 1.57. The Bertz CT molecular complexity index is 996. The van der Waals surface area contributed by atoms with E-state index in [4.69, 9.17) is 0 Å². The van der Waals surface area contributed by atoms with Crippen LogP contribution in [0.3, 0.4) is 0 Å². The van der Waals surface area contributed by atoms with Crippen LogP contribution in [0.4, 0.5) is 11.5 Å². The lowest BCUT2D eigenvalue weighted by Crippen LogP contribution is -1.96. The second-order valence-corrected chi connectivity index (χ2v) is 5.98. The molecule has 22 heavy (non-hydrogen) atoms. The molecule has 0 aliphatic heterocycles. The number of benzene rings is 1. The Morgan fingerprint density at radius 3 is 2.91 bits per heavy atom. The number of fused-ring (bicyclic) bond motifs is 3. The summed E-state index contributed by atoms with van der Waals surface area (Å²) < 4.78 is 0.976. The van der Waals surface area contributed by atoms with Gasteiger partial charge in [-0.1, -0.05) is 0 Å². The number of hydrogen-bond donors (Lipinski definition) is 2. The van der Waals surface area contributed by atoms with Crippen LogP contribution in [0.15, 0.2) is 42.9 Å². The van der Waals surface area contributed by atoms with E-state index in [9.17, 15) is 5.11 Å². The Labute approximate surface area is 130 Å². The van der Waals surface area contributed by atoms with Gasteiger partial charge in [-0.15, -0.1) is 11.3 Å². The Balaban J connectivity index is 1.88. The van der Waals surface area contributed by atoms with E-state index in [0.717, 1.165) is 37.5 Å². The number of aromatic hydroxyl groups is 1. The van der Waals surface area contributed by atoms with Crippen molar-refractivity contribution in [3.8, 4) is 5.75 Å². The summed E-state index contributed by atoms with van der Waals surface area (Å²) in [6.45, 7) is 1.94. The van der Waals surface area contributed by atoms with E-state index in [1.54, 1.807) is 36.0 Å². The Hall–Kier alpha value is -2.73. The van der Waals surface area contributed by atoms with Crippen molar-refractivity contribution in [1.29, 1.82) is 0 Å². The largest absolute Gasteiger partial charge is 0.508 e. The summed E-state index contributed by atoms with van der Waals surface area (Å²) in [6.07, 6.45) is 3.34. The maximum Gasteiger partial charge on any atom is 0.151 e. The summed E-state index contributed by atoms with van der Waals surface area (Å²) in [5, 5.41) is 13.9. The Morgan fingerprint density at radius 2 is 2.05 bits per heavy atom. The second kappa shape index (κ2) is 4.92. The molecular weight excluding hydrogens is 296 g/mol. The highest BCUT2D eigenvalue weighted by Crippen LogP contribution is 2.36. The van der Waals surface area contributed by atoms with E-state index >= 15 is 0 Å². The summed E-state index contributed by atoms with van der Waals surface area (Å²) in [6, 6.07) is 9.13. The van der Waals surface area contributed by atoms with Gasteiger partial charge in [-0.3, -0.25) is 0 Å². The molecule has 1 aromatic carbocycles. The third kappa shape index (κ3) is 2.05. The van der Waals surface area contributed by atoms with Crippen LogP contribution in [0.25, 0.3) is 20.4 Å². The van der Waals surface area contributed by atoms with Gasteiger partial charge in [0.15, 0.2) is 5.82 Å². The van der Waals surface area contributed by atoms with Crippen LogP contribution in [0.5, 0.6) is 5.75 Å². The number of phenolic OH excluding ortho intramolecular Hbond substituents is 1. The fraction of sp³-hybridized carbons (Fsp3) is 0.0625. The minimum atomic E-state index is 0.252. The molecule has 0 radical (unpaired) electrons. The van der Waals surface area contributed by atoms with Crippen molar-refractivity contribution in [1.82, 2.24) is 15.0 Å². The molecule has 5 nitrogen and oxygen atoms in total. The highest BCUT2D eigenvalue weighted by molar-refractivity contribution is 7.25. The van der Waals surface area contributed by atoms with Crippen molar-refractivity contribution in [2.24, 2.45) is 0 Å². The highest BCUT2D eigenvalue weighted by atomic mass is 32.1. The van der Waals surface area contributed by atoms with Gasteiger partial charge in [0, 0.05) is 17.3 Å². The lowest BCUT2D eigenvalue weighted by molar-refractivity contribution is 0.475. The quantitative estimate of drug-likeness (QED) is 0.548.